The first-order valence-electron chi connectivity index (χ1n) is 13.5. The molecular weight excluding hydrogens is 563 g/mol. The van der Waals surface area contributed by atoms with Gasteiger partial charge in [0.2, 0.25) is 5.91 Å². The number of nitrogens with one attached hydrogen (secondary N) is 1. The van der Waals surface area contributed by atoms with Gasteiger partial charge in [0.05, 0.1) is 17.0 Å². The first kappa shape index (κ1) is 29.6. The van der Waals surface area contributed by atoms with Crippen LogP contribution in [-0.4, -0.2) is 80.1 Å². The Bertz CT molecular complexity index is 1670. The van der Waals surface area contributed by atoms with E-state index in [0.717, 1.165) is 31.2 Å². The van der Waals surface area contributed by atoms with Crippen molar-refractivity contribution in [3.05, 3.63) is 72.2 Å². The minimum Gasteiger partial charge on any atom is -0.383 e. The Morgan fingerprint density at radius 1 is 1.14 bits per heavy atom. The molecule has 0 aliphatic carbocycles. The summed E-state index contributed by atoms with van der Waals surface area (Å²) in [4.78, 5) is 41.7. The predicted octanol–water partition coefficient (Wildman–Crippen LogP) is 4.02. The lowest BCUT2D eigenvalue weighted by Gasteiger charge is -2.32. The topological polar surface area (TPSA) is 135 Å². The summed E-state index contributed by atoms with van der Waals surface area (Å²) in [5.74, 6) is -0.666. The third kappa shape index (κ3) is 6.64. The van der Waals surface area contributed by atoms with Crippen LogP contribution in [0.2, 0.25) is 0 Å². The highest BCUT2D eigenvalue weighted by Gasteiger charge is 2.31. The number of carbonyl (C=O) groups excluding carboxylic acids is 2. The number of alkyl halides is 3. The average molecular weight is 594 g/mol. The third-order valence-electron chi connectivity index (χ3n) is 7.05. The van der Waals surface area contributed by atoms with Crippen LogP contribution in [0, 0.1) is 0 Å². The maximum Gasteiger partial charge on any atom is 0.416 e. The van der Waals surface area contributed by atoms with E-state index in [1.165, 1.54) is 18.5 Å². The van der Waals surface area contributed by atoms with Crippen LogP contribution in [-0.2, 0) is 11.0 Å². The van der Waals surface area contributed by atoms with Crippen molar-refractivity contribution in [3.63, 3.8) is 0 Å². The van der Waals surface area contributed by atoms with Crippen LogP contribution in [0.3, 0.4) is 0 Å². The number of halogens is 3. The zero-order valence-electron chi connectivity index (χ0n) is 23.5. The molecule has 5 rings (SSSR count). The molecule has 3 aromatic heterocycles. The fraction of sp³-hybridized carbons (Fsp3) is 0.310. The van der Waals surface area contributed by atoms with E-state index in [1.54, 1.807) is 27.8 Å². The molecule has 1 aromatic carbocycles. The number of amides is 2. The van der Waals surface area contributed by atoms with E-state index in [1.807, 2.05) is 25.1 Å². The summed E-state index contributed by atoms with van der Waals surface area (Å²) in [6.45, 7) is 1.76. The number of nitrogen functional groups attached to an aromatic ring is 1. The molecule has 3 N–H and O–H groups in total. The highest BCUT2D eigenvalue weighted by Crippen LogP contribution is 2.34. The number of nitrogens with zero attached hydrogens (tertiary/aromatic N) is 7. The van der Waals surface area contributed by atoms with Gasteiger partial charge in [0.25, 0.3) is 5.91 Å². The smallest absolute Gasteiger partial charge is 0.383 e. The van der Waals surface area contributed by atoms with Crippen molar-refractivity contribution < 1.29 is 22.8 Å². The lowest BCUT2D eigenvalue weighted by atomic mass is 10.1. The summed E-state index contributed by atoms with van der Waals surface area (Å²) >= 11 is 0. The van der Waals surface area contributed by atoms with Gasteiger partial charge in [-0.15, -0.1) is 0 Å². The molecule has 43 heavy (non-hydrogen) atoms. The minimum atomic E-state index is -4.56. The Hall–Kier alpha value is -4.85. The number of benzene rings is 1. The lowest BCUT2D eigenvalue weighted by molar-refractivity contribution is -0.137. The van der Waals surface area contributed by atoms with Crippen LogP contribution in [0.1, 0.15) is 34.8 Å². The van der Waals surface area contributed by atoms with Crippen molar-refractivity contribution in [1.29, 1.82) is 0 Å². The standard InChI is InChI=1S/C29H30F3N9O2/c1-39(2)13-4-6-23(42)40-14-3-5-21(16-40)41-27-24(26(33)35-17-36-27)25(38-41)18-7-9-19(10-8-18)28(43)37-22-15-20(11-12-34-22)29(30,31)32/h4,6-12,15,17,21H,3,5,13-14,16H2,1-2H3,(H2,33,35,36)(H,34,37,43)/t21-/m1/s1. The van der Waals surface area contributed by atoms with Crippen molar-refractivity contribution in [2.45, 2.75) is 25.1 Å². The number of carbonyl (C=O) groups is 2. The lowest BCUT2D eigenvalue weighted by Crippen LogP contribution is -2.40. The van der Waals surface area contributed by atoms with E-state index in [0.29, 0.717) is 41.9 Å². The highest BCUT2D eigenvalue weighted by atomic mass is 19.4. The molecule has 2 amide bonds. The molecule has 0 unspecified atom stereocenters. The van der Waals surface area contributed by atoms with Crippen LogP contribution < -0.4 is 11.1 Å². The monoisotopic (exact) mass is 593 g/mol. The van der Waals surface area contributed by atoms with Gasteiger partial charge in [-0.1, -0.05) is 18.2 Å². The van der Waals surface area contributed by atoms with Gasteiger partial charge in [0, 0.05) is 43.0 Å². The van der Waals surface area contributed by atoms with Gasteiger partial charge in [0.1, 0.15) is 23.7 Å². The molecule has 14 heteroatoms. The number of aromatic nitrogens is 5. The number of piperidine rings is 1. The van der Waals surface area contributed by atoms with E-state index in [2.05, 4.69) is 20.3 Å². The molecule has 11 nitrogen and oxygen atoms in total. The summed E-state index contributed by atoms with van der Waals surface area (Å²) in [7, 11) is 3.86. The van der Waals surface area contributed by atoms with E-state index >= 15 is 0 Å². The quantitative estimate of drug-likeness (QED) is 0.307. The second-order valence-electron chi connectivity index (χ2n) is 10.5. The molecule has 0 radical (unpaired) electrons. The van der Waals surface area contributed by atoms with E-state index in [9.17, 15) is 22.8 Å². The maximum absolute atomic E-state index is 13.0. The van der Waals surface area contributed by atoms with Crippen molar-refractivity contribution in [3.8, 4) is 11.3 Å². The molecule has 0 spiro atoms. The van der Waals surface area contributed by atoms with Gasteiger partial charge in [-0.25, -0.2) is 19.6 Å². The van der Waals surface area contributed by atoms with Crippen molar-refractivity contribution >= 4 is 34.5 Å². The summed E-state index contributed by atoms with van der Waals surface area (Å²) in [6, 6.07) is 7.85. The average Bonchev–Trinajstić information content (AvgIpc) is 3.38. The zero-order chi connectivity index (χ0) is 30.7. The van der Waals surface area contributed by atoms with E-state index in [-0.39, 0.29) is 29.1 Å². The second kappa shape index (κ2) is 12.2. The first-order chi connectivity index (χ1) is 20.5. The summed E-state index contributed by atoms with van der Waals surface area (Å²) in [5.41, 5.74) is 7.23. The fourth-order valence-electron chi connectivity index (χ4n) is 4.92. The summed E-state index contributed by atoms with van der Waals surface area (Å²) < 4.78 is 40.9. The van der Waals surface area contributed by atoms with E-state index in [4.69, 9.17) is 10.8 Å². The molecule has 1 aliphatic rings. The van der Waals surface area contributed by atoms with Gasteiger partial charge < -0.3 is 20.9 Å². The van der Waals surface area contributed by atoms with Crippen LogP contribution in [0.4, 0.5) is 24.8 Å². The number of fused-ring (bicyclic) bond motifs is 1. The molecular formula is C29H30F3N9O2. The molecule has 0 saturated carbocycles. The van der Waals surface area contributed by atoms with Crippen LogP contribution in [0.15, 0.2) is 61.1 Å². The maximum atomic E-state index is 13.0. The second-order valence-corrected chi connectivity index (χ2v) is 10.5. The summed E-state index contributed by atoms with van der Waals surface area (Å²) in [5, 5.41) is 7.79. The fourth-order valence-corrected chi connectivity index (χ4v) is 4.92. The number of rotatable bonds is 7. The number of hydrogen-bond acceptors (Lipinski definition) is 8. The highest BCUT2D eigenvalue weighted by molar-refractivity contribution is 6.04. The SMILES string of the molecule is CN(C)CC=CC(=O)N1CCC[C@@H](n2nc(-c3ccc(C(=O)Nc4cc(C(F)(F)F)ccn4)cc3)c3c(N)ncnc32)C1. The number of likely N-dealkylation sites (tertiary alicyclic amines) is 1. The third-order valence-corrected chi connectivity index (χ3v) is 7.05. The molecule has 1 atom stereocenters. The van der Waals surface area contributed by atoms with Gasteiger partial charge in [-0.2, -0.15) is 18.3 Å². The molecule has 1 saturated heterocycles. The number of anilines is 2. The minimum absolute atomic E-state index is 0.0634. The van der Waals surface area contributed by atoms with Gasteiger partial charge in [-0.3, -0.25) is 9.59 Å². The molecule has 224 valence electrons. The molecule has 4 aromatic rings. The molecule has 1 fully saturated rings. The Kier molecular flexibility index (Phi) is 8.39. The number of nitrogens with two attached hydrogens (primary N) is 1. The Balaban J connectivity index is 1.39. The van der Waals surface area contributed by atoms with Crippen LogP contribution in [0.25, 0.3) is 22.3 Å². The van der Waals surface area contributed by atoms with Gasteiger partial charge >= 0.3 is 6.18 Å². The Morgan fingerprint density at radius 2 is 1.91 bits per heavy atom. The first-order valence-corrected chi connectivity index (χ1v) is 13.5. The van der Waals surface area contributed by atoms with Gasteiger partial charge in [-0.05, 0) is 51.2 Å². The van der Waals surface area contributed by atoms with Crippen molar-refractivity contribution in [2.75, 3.05) is 44.8 Å². The Labute approximate surface area is 245 Å². The van der Waals surface area contributed by atoms with Crippen molar-refractivity contribution in [1.82, 2.24) is 34.5 Å². The normalized spacial score (nSPS) is 15.9. The number of hydrogen-bond donors (Lipinski definition) is 2. The molecule has 0 bridgehead atoms. The van der Waals surface area contributed by atoms with Gasteiger partial charge in [0.15, 0.2) is 5.65 Å². The van der Waals surface area contributed by atoms with Crippen LogP contribution in [0.5, 0.6) is 0 Å². The van der Waals surface area contributed by atoms with Crippen molar-refractivity contribution in [2.24, 2.45) is 0 Å². The van der Waals surface area contributed by atoms with Crippen LogP contribution >= 0.6 is 0 Å². The van der Waals surface area contributed by atoms with E-state index < -0.39 is 17.6 Å². The largest absolute Gasteiger partial charge is 0.416 e. The number of pyridine rings is 1. The molecule has 4 heterocycles. The zero-order valence-corrected chi connectivity index (χ0v) is 23.5. The number of likely N-dealkylation sites (N-methyl/N-ethyl adjacent to an activating group) is 1. The summed E-state index contributed by atoms with van der Waals surface area (Å²) in [6.07, 6.45) is 2.80. The molecule has 1 aliphatic heterocycles. The Morgan fingerprint density at radius 3 is 2.63 bits per heavy atom. The predicted molar refractivity (Wildman–Crippen MR) is 155 cm³/mol.